The van der Waals surface area contributed by atoms with E-state index in [0.29, 0.717) is 12.8 Å². The molecule has 1 fully saturated rings. The van der Waals surface area contributed by atoms with Crippen LogP contribution in [0.15, 0.2) is 24.0 Å². The molecular weight excluding hydrogens is 500 g/mol. The van der Waals surface area contributed by atoms with Crippen LogP contribution in [0.5, 0.6) is 11.5 Å². The van der Waals surface area contributed by atoms with E-state index in [1.165, 1.54) is 0 Å². The van der Waals surface area contributed by atoms with Crippen LogP contribution in [0.1, 0.15) is 63.0 Å². The standard InChI is InChI=1S/C27H30O11/c1-2-35-21(32)13-18(36-20(31)8-7-19(29)30)25(33)37-17-9-11-27(34)15-4-3-10-26(27)22-14(12-15)5-6-16(28)23(22)38-24(17)26/h5-6,9,15,18,24,28,34H,2-4,7-8,10-13H2,1H3,(H,29,30)/t15-,18-,24+,26+,27-/m0/s1. The van der Waals surface area contributed by atoms with Crippen molar-refractivity contribution in [2.75, 3.05) is 6.61 Å². The lowest BCUT2D eigenvalue weighted by molar-refractivity contribution is -0.175. The monoisotopic (exact) mass is 530 g/mol. The molecule has 0 aromatic heterocycles. The molecule has 1 aromatic carbocycles. The van der Waals surface area contributed by atoms with Gasteiger partial charge in [-0.2, -0.15) is 0 Å². The van der Waals surface area contributed by atoms with Crippen molar-refractivity contribution in [1.82, 2.24) is 0 Å². The summed E-state index contributed by atoms with van der Waals surface area (Å²) < 4.78 is 21.9. The first-order chi connectivity index (χ1) is 18.1. The Balaban J connectivity index is 1.43. The fraction of sp³-hybridized carbons (Fsp3) is 0.556. The van der Waals surface area contributed by atoms with Gasteiger partial charge in [-0.25, -0.2) is 4.79 Å². The number of aromatic hydroxyl groups is 1. The molecule has 11 heteroatoms. The van der Waals surface area contributed by atoms with Crippen LogP contribution in [-0.4, -0.2) is 63.6 Å². The molecule has 0 radical (unpaired) electrons. The summed E-state index contributed by atoms with van der Waals surface area (Å²) in [5.74, 6) is -3.80. The van der Waals surface area contributed by atoms with Gasteiger partial charge in [0.2, 0.25) is 6.10 Å². The summed E-state index contributed by atoms with van der Waals surface area (Å²) >= 11 is 0. The molecule has 5 atom stereocenters. The van der Waals surface area contributed by atoms with Gasteiger partial charge in [-0.05, 0) is 56.2 Å². The Labute approximate surface area is 218 Å². The highest BCUT2D eigenvalue weighted by Crippen LogP contribution is 2.67. The van der Waals surface area contributed by atoms with E-state index in [1.54, 1.807) is 19.1 Å². The minimum atomic E-state index is -1.67. The van der Waals surface area contributed by atoms with Crippen LogP contribution in [0, 0.1) is 5.92 Å². The predicted octanol–water partition coefficient (Wildman–Crippen LogP) is 2.04. The first-order valence-corrected chi connectivity index (χ1v) is 12.8. The molecule has 2 bridgehead atoms. The van der Waals surface area contributed by atoms with Crippen LogP contribution in [0.2, 0.25) is 0 Å². The molecule has 4 aliphatic rings. The minimum absolute atomic E-state index is 0.0365. The third kappa shape index (κ3) is 4.00. The quantitative estimate of drug-likeness (QED) is 0.316. The number of ether oxygens (including phenoxy) is 4. The minimum Gasteiger partial charge on any atom is -0.504 e. The largest absolute Gasteiger partial charge is 0.504 e. The highest BCUT2D eigenvalue weighted by molar-refractivity contribution is 5.86. The molecular formula is C27H30O11. The Bertz CT molecular complexity index is 1220. The number of aliphatic carboxylic acids is 1. The van der Waals surface area contributed by atoms with Crippen molar-refractivity contribution in [3.8, 4) is 11.5 Å². The third-order valence-electron chi connectivity index (χ3n) is 8.22. The molecule has 0 unspecified atom stereocenters. The van der Waals surface area contributed by atoms with E-state index in [4.69, 9.17) is 24.1 Å². The maximum atomic E-state index is 13.2. The van der Waals surface area contributed by atoms with Crippen molar-refractivity contribution < 1.29 is 53.4 Å². The van der Waals surface area contributed by atoms with Gasteiger partial charge >= 0.3 is 23.9 Å². The second kappa shape index (κ2) is 9.61. The van der Waals surface area contributed by atoms with Crippen molar-refractivity contribution in [2.45, 2.75) is 81.5 Å². The number of carboxylic acid groups (broad SMARTS) is 1. The van der Waals surface area contributed by atoms with E-state index in [-0.39, 0.29) is 36.2 Å². The number of benzene rings is 1. The Morgan fingerprint density at radius 2 is 1.97 bits per heavy atom. The average Bonchev–Trinajstić information content (AvgIpc) is 3.21. The van der Waals surface area contributed by atoms with Crippen molar-refractivity contribution in [1.29, 1.82) is 0 Å². The summed E-state index contributed by atoms with van der Waals surface area (Å²) in [6.07, 6.45) is 0.413. The Kier molecular flexibility index (Phi) is 6.58. The Hall–Kier alpha value is -3.60. The maximum absolute atomic E-state index is 13.2. The SMILES string of the molecule is CCOC(=O)C[C@H](OC(=O)CCC(=O)O)C(=O)OC1=CC[C@]2(O)[C@H]3CCC[C@]24c2c(ccc(O)c2O[C@H]14)C3. The normalized spacial score (nSPS) is 28.7. The van der Waals surface area contributed by atoms with Gasteiger partial charge in [-0.15, -0.1) is 0 Å². The highest BCUT2D eigenvalue weighted by Gasteiger charge is 2.71. The van der Waals surface area contributed by atoms with Gasteiger partial charge in [0.15, 0.2) is 17.6 Å². The number of carboxylic acids is 1. The van der Waals surface area contributed by atoms with E-state index in [1.807, 2.05) is 6.07 Å². The number of esters is 3. The average molecular weight is 531 g/mol. The number of rotatable bonds is 9. The van der Waals surface area contributed by atoms with Crippen molar-refractivity contribution >= 4 is 23.9 Å². The van der Waals surface area contributed by atoms with Gasteiger partial charge in [-0.1, -0.05) is 12.5 Å². The molecule has 1 aromatic rings. The fourth-order valence-corrected chi connectivity index (χ4v) is 6.68. The number of carbonyl (C=O) groups is 4. The number of phenolic OH excluding ortho intramolecular Hbond substituents is 1. The van der Waals surface area contributed by atoms with Gasteiger partial charge < -0.3 is 34.3 Å². The molecule has 0 amide bonds. The van der Waals surface area contributed by atoms with Crippen molar-refractivity contribution in [2.24, 2.45) is 5.92 Å². The fourth-order valence-electron chi connectivity index (χ4n) is 6.68. The van der Waals surface area contributed by atoms with Crippen LogP contribution in [0.4, 0.5) is 0 Å². The molecule has 3 N–H and O–H groups in total. The molecule has 1 heterocycles. The number of hydrogen-bond donors (Lipinski definition) is 3. The molecule has 0 saturated heterocycles. The first kappa shape index (κ1) is 26.0. The Morgan fingerprint density at radius 3 is 2.71 bits per heavy atom. The number of hydrogen-bond acceptors (Lipinski definition) is 10. The Morgan fingerprint density at radius 1 is 1.18 bits per heavy atom. The summed E-state index contributed by atoms with van der Waals surface area (Å²) in [5, 5.41) is 31.5. The molecule has 11 nitrogen and oxygen atoms in total. The van der Waals surface area contributed by atoms with E-state index in [9.17, 15) is 29.4 Å². The zero-order valence-corrected chi connectivity index (χ0v) is 20.9. The molecule has 1 spiro atoms. The van der Waals surface area contributed by atoms with Crippen molar-refractivity contribution in [3.05, 3.63) is 35.1 Å². The molecule has 38 heavy (non-hydrogen) atoms. The highest BCUT2D eigenvalue weighted by atomic mass is 16.6. The lowest BCUT2D eigenvalue weighted by atomic mass is 9.47. The maximum Gasteiger partial charge on any atom is 0.353 e. The zero-order valence-electron chi connectivity index (χ0n) is 20.9. The van der Waals surface area contributed by atoms with E-state index in [2.05, 4.69) is 0 Å². The second-order valence-electron chi connectivity index (χ2n) is 10.2. The third-order valence-corrected chi connectivity index (χ3v) is 8.22. The molecule has 3 aliphatic carbocycles. The topological polar surface area (TPSA) is 166 Å². The van der Waals surface area contributed by atoms with E-state index < -0.39 is 66.4 Å². The van der Waals surface area contributed by atoms with E-state index >= 15 is 0 Å². The summed E-state index contributed by atoms with van der Waals surface area (Å²) in [5.41, 5.74) is -0.372. The number of carbonyl (C=O) groups excluding carboxylic acids is 3. The number of phenols is 1. The lowest BCUT2D eigenvalue weighted by Gasteiger charge is -2.59. The predicted molar refractivity (Wildman–Crippen MR) is 127 cm³/mol. The van der Waals surface area contributed by atoms with Crippen LogP contribution in [0.25, 0.3) is 0 Å². The van der Waals surface area contributed by atoms with Gasteiger partial charge in [0.1, 0.15) is 5.76 Å². The molecule has 204 valence electrons. The summed E-state index contributed by atoms with van der Waals surface area (Å²) in [6, 6.07) is 3.40. The first-order valence-electron chi connectivity index (χ1n) is 12.8. The van der Waals surface area contributed by atoms with Crippen LogP contribution >= 0.6 is 0 Å². The van der Waals surface area contributed by atoms with Gasteiger partial charge in [-0.3, -0.25) is 14.4 Å². The summed E-state index contributed by atoms with van der Waals surface area (Å²) in [7, 11) is 0. The lowest BCUT2D eigenvalue weighted by Crippen LogP contribution is -2.67. The van der Waals surface area contributed by atoms with E-state index in [0.717, 1.165) is 24.0 Å². The second-order valence-corrected chi connectivity index (χ2v) is 10.2. The number of aliphatic hydroxyl groups is 1. The smallest absolute Gasteiger partial charge is 0.353 e. The zero-order chi connectivity index (χ0) is 27.2. The molecule has 5 rings (SSSR count). The van der Waals surface area contributed by atoms with Gasteiger partial charge in [0, 0.05) is 5.56 Å². The van der Waals surface area contributed by atoms with Gasteiger partial charge in [0.25, 0.3) is 0 Å². The van der Waals surface area contributed by atoms with Crippen LogP contribution in [-0.2, 0) is 45.2 Å². The van der Waals surface area contributed by atoms with Crippen molar-refractivity contribution in [3.63, 3.8) is 0 Å². The molecule has 1 saturated carbocycles. The van der Waals surface area contributed by atoms with Gasteiger partial charge in [0.05, 0.1) is 36.9 Å². The summed E-state index contributed by atoms with van der Waals surface area (Å²) in [6.45, 7) is 1.62. The van der Waals surface area contributed by atoms with Crippen LogP contribution < -0.4 is 4.74 Å². The summed E-state index contributed by atoms with van der Waals surface area (Å²) in [4.78, 5) is 48.4. The van der Waals surface area contributed by atoms with Crippen LogP contribution in [0.3, 0.4) is 0 Å². The molecule has 1 aliphatic heterocycles.